The van der Waals surface area contributed by atoms with Gasteiger partial charge in [0.05, 0.1) is 0 Å². The number of nitrogen functional groups attached to an aromatic ring is 1. The van der Waals surface area contributed by atoms with Crippen LogP contribution in [-0.4, -0.2) is 23.1 Å². The molecule has 0 aliphatic carbocycles. The number of rotatable bonds is 4. The van der Waals surface area contributed by atoms with E-state index in [9.17, 15) is 0 Å². The molecule has 0 spiro atoms. The van der Waals surface area contributed by atoms with E-state index in [2.05, 4.69) is 28.4 Å². The fraction of sp³-hybridized carbons (Fsp3) is 0.455. The zero-order valence-electron chi connectivity index (χ0n) is 9.62. The third kappa shape index (κ3) is 3.23. The van der Waals surface area contributed by atoms with Crippen molar-refractivity contribution in [3.63, 3.8) is 0 Å². The van der Waals surface area contributed by atoms with Crippen molar-refractivity contribution in [1.82, 2.24) is 9.97 Å². The lowest BCUT2D eigenvalue weighted by Crippen LogP contribution is -2.26. The van der Waals surface area contributed by atoms with Crippen molar-refractivity contribution in [2.75, 3.05) is 23.7 Å². The van der Waals surface area contributed by atoms with Gasteiger partial charge in [-0.25, -0.2) is 4.98 Å². The van der Waals surface area contributed by atoms with Crippen molar-refractivity contribution in [3.8, 4) is 0 Å². The number of nitrogens with zero attached hydrogens (tertiary/aromatic N) is 3. The van der Waals surface area contributed by atoms with Crippen LogP contribution in [0.1, 0.15) is 19.5 Å². The molecule has 15 heavy (non-hydrogen) atoms. The molecule has 4 heteroatoms. The maximum Gasteiger partial charge on any atom is 0.222 e. The quantitative estimate of drug-likeness (QED) is 0.763. The van der Waals surface area contributed by atoms with Gasteiger partial charge in [-0.2, -0.15) is 4.98 Å². The van der Waals surface area contributed by atoms with Crippen LogP contribution in [0, 0.1) is 6.92 Å². The minimum Gasteiger partial charge on any atom is -0.368 e. The highest BCUT2D eigenvalue weighted by Crippen LogP contribution is 2.14. The van der Waals surface area contributed by atoms with Crippen LogP contribution in [0.3, 0.4) is 0 Å². The molecule has 2 N–H and O–H groups in total. The number of aromatic nitrogens is 2. The Hall–Kier alpha value is -1.58. The third-order valence-corrected chi connectivity index (χ3v) is 2.02. The minimum atomic E-state index is 0.324. The smallest absolute Gasteiger partial charge is 0.222 e. The van der Waals surface area contributed by atoms with E-state index in [4.69, 9.17) is 5.73 Å². The molecule has 0 bridgehead atoms. The van der Waals surface area contributed by atoms with Crippen LogP contribution in [0.15, 0.2) is 18.2 Å². The SMILES string of the molecule is C=C(C)CN(CC)c1cc(C)nc(N)n1. The zero-order chi connectivity index (χ0) is 11.4. The molecule has 0 radical (unpaired) electrons. The van der Waals surface area contributed by atoms with E-state index in [1.54, 1.807) is 0 Å². The summed E-state index contributed by atoms with van der Waals surface area (Å²) in [7, 11) is 0. The molecule has 0 amide bonds. The first-order valence-corrected chi connectivity index (χ1v) is 5.03. The molecule has 0 aliphatic heterocycles. The van der Waals surface area contributed by atoms with Crippen molar-refractivity contribution in [1.29, 1.82) is 0 Å². The van der Waals surface area contributed by atoms with Crippen LogP contribution in [-0.2, 0) is 0 Å². The number of anilines is 2. The van der Waals surface area contributed by atoms with Crippen molar-refractivity contribution in [2.24, 2.45) is 0 Å². The van der Waals surface area contributed by atoms with E-state index >= 15 is 0 Å². The summed E-state index contributed by atoms with van der Waals surface area (Å²) in [4.78, 5) is 10.4. The predicted molar refractivity (Wildman–Crippen MR) is 63.9 cm³/mol. The highest BCUT2D eigenvalue weighted by molar-refractivity contribution is 5.44. The van der Waals surface area contributed by atoms with Gasteiger partial charge < -0.3 is 10.6 Å². The molecule has 0 saturated heterocycles. The zero-order valence-corrected chi connectivity index (χ0v) is 9.62. The number of likely N-dealkylation sites (N-methyl/N-ethyl adjacent to an activating group) is 1. The summed E-state index contributed by atoms with van der Waals surface area (Å²) in [5.74, 6) is 1.19. The summed E-state index contributed by atoms with van der Waals surface area (Å²) in [5, 5.41) is 0. The van der Waals surface area contributed by atoms with E-state index in [-0.39, 0.29) is 0 Å². The number of nitrogens with two attached hydrogens (primary N) is 1. The molecule has 1 aromatic rings. The Bertz CT molecular complexity index is 339. The minimum absolute atomic E-state index is 0.324. The van der Waals surface area contributed by atoms with E-state index in [1.807, 2.05) is 19.9 Å². The summed E-state index contributed by atoms with van der Waals surface area (Å²) in [6.45, 7) is 11.6. The second-order valence-corrected chi connectivity index (χ2v) is 3.70. The topological polar surface area (TPSA) is 55.0 Å². The monoisotopic (exact) mass is 206 g/mol. The lowest BCUT2D eigenvalue weighted by atomic mass is 10.3. The third-order valence-electron chi connectivity index (χ3n) is 2.02. The predicted octanol–water partition coefficient (Wildman–Crippen LogP) is 1.77. The molecule has 4 nitrogen and oxygen atoms in total. The number of hydrogen-bond donors (Lipinski definition) is 1. The van der Waals surface area contributed by atoms with Crippen molar-refractivity contribution in [3.05, 3.63) is 23.9 Å². The molecule has 0 atom stereocenters. The van der Waals surface area contributed by atoms with Gasteiger partial charge in [-0.3, -0.25) is 0 Å². The highest BCUT2D eigenvalue weighted by atomic mass is 15.2. The molecule has 0 unspecified atom stereocenters. The first kappa shape index (κ1) is 11.5. The Morgan fingerprint density at radius 1 is 1.53 bits per heavy atom. The summed E-state index contributed by atoms with van der Waals surface area (Å²) in [6, 6.07) is 1.93. The van der Waals surface area contributed by atoms with Gasteiger partial charge in [-0.15, -0.1) is 0 Å². The van der Waals surface area contributed by atoms with E-state index in [0.29, 0.717) is 5.95 Å². The van der Waals surface area contributed by atoms with Crippen LogP contribution in [0.2, 0.25) is 0 Å². The standard InChI is InChI=1S/C11H18N4/c1-5-15(7-8(2)3)10-6-9(4)13-11(12)14-10/h6H,2,5,7H2,1,3-4H3,(H2,12,13,14). The maximum absolute atomic E-state index is 5.61. The molecule has 0 aromatic carbocycles. The molecule has 0 aliphatic rings. The Labute approximate surface area is 90.8 Å². The van der Waals surface area contributed by atoms with Crippen molar-refractivity contribution >= 4 is 11.8 Å². The van der Waals surface area contributed by atoms with Gasteiger partial charge in [0.15, 0.2) is 0 Å². The number of hydrogen-bond acceptors (Lipinski definition) is 4. The van der Waals surface area contributed by atoms with Crippen LogP contribution in [0.5, 0.6) is 0 Å². The van der Waals surface area contributed by atoms with Gasteiger partial charge in [-0.1, -0.05) is 12.2 Å². The Morgan fingerprint density at radius 3 is 2.67 bits per heavy atom. The summed E-state index contributed by atoms with van der Waals surface area (Å²) in [5.41, 5.74) is 7.60. The van der Waals surface area contributed by atoms with Gasteiger partial charge >= 0.3 is 0 Å². The van der Waals surface area contributed by atoms with E-state index in [1.165, 1.54) is 0 Å². The molecule has 1 heterocycles. The second kappa shape index (κ2) is 4.77. The Balaban J connectivity index is 2.95. The van der Waals surface area contributed by atoms with Gasteiger partial charge in [-0.05, 0) is 20.8 Å². The fourth-order valence-electron chi connectivity index (χ4n) is 1.42. The normalized spacial score (nSPS) is 10.1. The van der Waals surface area contributed by atoms with Crippen LogP contribution in [0.25, 0.3) is 0 Å². The van der Waals surface area contributed by atoms with E-state index in [0.717, 1.165) is 30.2 Å². The van der Waals surface area contributed by atoms with Crippen molar-refractivity contribution < 1.29 is 0 Å². The molecule has 0 fully saturated rings. The Morgan fingerprint density at radius 2 is 2.20 bits per heavy atom. The maximum atomic E-state index is 5.61. The first-order valence-electron chi connectivity index (χ1n) is 5.03. The average molecular weight is 206 g/mol. The molecule has 1 rings (SSSR count). The van der Waals surface area contributed by atoms with E-state index < -0.39 is 0 Å². The number of aryl methyl sites for hydroxylation is 1. The molecule has 1 aromatic heterocycles. The average Bonchev–Trinajstić information content (AvgIpc) is 2.12. The molecular weight excluding hydrogens is 188 g/mol. The molecular formula is C11H18N4. The summed E-state index contributed by atoms with van der Waals surface area (Å²) >= 11 is 0. The molecule has 82 valence electrons. The van der Waals surface area contributed by atoms with Crippen LogP contribution < -0.4 is 10.6 Å². The largest absolute Gasteiger partial charge is 0.368 e. The lowest BCUT2D eigenvalue weighted by Gasteiger charge is -2.22. The first-order chi connectivity index (χ1) is 7.02. The summed E-state index contributed by atoms with van der Waals surface area (Å²) in [6.07, 6.45) is 0. The lowest BCUT2D eigenvalue weighted by molar-refractivity contribution is 0.853. The van der Waals surface area contributed by atoms with Crippen LogP contribution >= 0.6 is 0 Å². The van der Waals surface area contributed by atoms with Gasteiger partial charge in [0.2, 0.25) is 5.95 Å². The van der Waals surface area contributed by atoms with Crippen molar-refractivity contribution in [2.45, 2.75) is 20.8 Å². The van der Waals surface area contributed by atoms with Crippen LogP contribution in [0.4, 0.5) is 11.8 Å². The van der Waals surface area contributed by atoms with Gasteiger partial charge in [0.1, 0.15) is 5.82 Å². The fourth-order valence-corrected chi connectivity index (χ4v) is 1.42. The highest BCUT2D eigenvalue weighted by Gasteiger charge is 2.07. The second-order valence-electron chi connectivity index (χ2n) is 3.70. The van der Waals surface area contributed by atoms with Gasteiger partial charge in [0, 0.05) is 24.8 Å². The molecule has 0 saturated carbocycles. The van der Waals surface area contributed by atoms with Gasteiger partial charge in [0.25, 0.3) is 0 Å². The summed E-state index contributed by atoms with van der Waals surface area (Å²) < 4.78 is 0. The Kier molecular flexibility index (Phi) is 3.66.